The Labute approximate surface area is 183 Å². The van der Waals surface area contributed by atoms with Crippen LogP contribution in [0.4, 0.5) is 0 Å². The molecule has 0 bridgehead atoms. The maximum Gasteiger partial charge on any atom is 0.164 e. The second-order valence-electron chi connectivity index (χ2n) is 7.54. The fourth-order valence-corrected chi connectivity index (χ4v) is 4.85. The van der Waals surface area contributed by atoms with Crippen LogP contribution in [0, 0.1) is 16.0 Å². The zero-order valence-corrected chi connectivity index (χ0v) is 17.5. The molecule has 0 amide bonds. The van der Waals surface area contributed by atoms with Crippen molar-refractivity contribution in [3.63, 3.8) is 0 Å². The van der Waals surface area contributed by atoms with E-state index in [9.17, 15) is 25.7 Å². The van der Waals surface area contributed by atoms with Crippen LogP contribution in [-0.2, 0) is 17.6 Å². The highest BCUT2D eigenvalue weighted by molar-refractivity contribution is 7.71. The Balaban J connectivity index is 1.93. The average molecular weight is 449 g/mol. The van der Waals surface area contributed by atoms with E-state index in [4.69, 9.17) is 28.6 Å². The van der Waals surface area contributed by atoms with Gasteiger partial charge in [0.15, 0.2) is 6.23 Å². The number of nitrogens with zero attached hydrogens (tertiary/aromatic N) is 2. The van der Waals surface area contributed by atoms with Gasteiger partial charge in [0, 0.05) is 16.3 Å². The van der Waals surface area contributed by atoms with Crippen molar-refractivity contribution in [3.05, 3.63) is 50.7 Å². The van der Waals surface area contributed by atoms with Crippen LogP contribution in [0.5, 0.6) is 0 Å². The molecule has 1 saturated heterocycles. The van der Waals surface area contributed by atoms with Crippen molar-refractivity contribution in [2.45, 2.75) is 49.9 Å². The molecule has 1 fully saturated rings. The molecule has 2 aliphatic rings. The monoisotopic (exact) mass is 448 g/mol. The molecule has 158 valence electrons. The van der Waals surface area contributed by atoms with Crippen molar-refractivity contribution in [3.8, 4) is 17.2 Å². The molecule has 7 nitrogen and oxygen atoms in total. The van der Waals surface area contributed by atoms with Gasteiger partial charge in [-0.3, -0.25) is 0 Å². The van der Waals surface area contributed by atoms with Crippen LogP contribution in [0.2, 0.25) is 5.02 Å². The summed E-state index contributed by atoms with van der Waals surface area (Å²) < 4.78 is 7.48. The maximum absolute atomic E-state index is 10.6. The molecule has 1 aromatic heterocycles. The zero-order valence-electron chi connectivity index (χ0n) is 15.9. The first-order valence-corrected chi connectivity index (χ1v) is 10.4. The first-order valence-electron chi connectivity index (χ1n) is 9.65. The van der Waals surface area contributed by atoms with Gasteiger partial charge in [0.2, 0.25) is 0 Å². The number of nitriles is 1. The summed E-state index contributed by atoms with van der Waals surface area (Å²) in [7, 11) is 0. The number of fused-ring (bicyclic) bond motifs is 1. The quantitative estimate of drug-likeness (QED) is 0.529. The smallest absolute Gasteiger partial charge is 0.164 e. The third-order valence-electron chi connectivity index (χ3n) is 5.83. The minimum atomic E-state index is -1.53. The summed E-state index contributed by atoms with van der Waals surface area (Å²) in [6.07, 6.45) is -4.47. The van der Waals surface area contributed by atoms with Crippen LogP contribution < -0.4 is 0 Å². The van der Waals surface area contributed by atoms with Gasteiger partial charge in [0.05, 0.1) is 12.2 Å². The van der Waals surface area contributed by atoms with Gasteiger partial charge >= 0.3 is 0 Å². The number of aliphatic hydroxyl groups is 4. The molecule has 30 heavy (non-hydrogen) atoms. The first kappa shape index (κ1) is 21.4. The number of ether oxygens (including phenoxy) is 1. The number of halogens is 1. The predicted molar refractivity (Wildman–Crippen MR) is 111 cm³/mol. The summed E-state index contributed by atoms with van der Waals surface area (Å²) >= 11 is 11.7. The molecule has 0 saturated carbocycles. The highest BCUT2D eigenvalue weighted by Crippen LogP contribution is 2.40. The second-order valence-corrected chi connectivity index (χ2v) is 8.37. The van der Waals surface area contributed by atoms with Crippen LogP contribution in [0.25, 0.3) is 11.1 Å². The molecule has 5 atom stereocenters. The zero-order chi connectivity index (χ0) is 21.6. The SMILES string of the molecule is N#Cc1c(-c2ccc(Cl)cc2)c2c(n([C@H]3O[C@@H](CO)[C@@H](O)[C@@H](O)[C@@H]3O)c1=S)CCC2. The standard InChI is InChI=1S/C21H21ClN2O5S/c22-11-6-4-10(5-7-11)16-12-2-1-3-14(12)24(21(30)13(16)8-23)20-19(28)18(27)17(26)15(9-25)29-20/h4-7,15,17-20,25-28H,1-3,9H2/t15-,17+,18+,19-,20-/m0/s1. The lowest BCUT2D eigenvalue weighted by atomic mass is 9.94. The molecule has 9 heteroatoms. The Morgan fingerprint density at radius 1 is 1.13 bits per heavy atom. The van der Waals surface area contributed by atoms with E-state index < -0.39 is 37.3 Å². The Bertz CT molecular complexity index is 1060. The molecular weight excluding hydrogens is 428 g/mol. The normalized spacial score (nSPS) is 28.2. The number of hydrogen-bond acceptors (Lipinski definition) is 7. The third-order valence-corrected chi connectivity index (χ3v) is 6.48. The summed E-state index contributed by atoms with van der Waals surface area (Å²) in [6, 6.07) is 9.37. The molecule has 2 heterocycles. The van der Waals surface area contributed by atoms with E-state index >= 15 is 0 Å². The van der Waals surface area contributed by atoms with E-state index in [0.29, 0.717) is 11.4 Å². The van der Waals surface area contributed by atoms with Crippen LogP contribution in [-0.4, -0.2) is 56.0 Å². The Kier molecular flexibility index (Phi) is 5.97. The summed E-state index contributed by atoms with van der Waals surface area (Å²) in [5, 5.41) is 51.0. The lowest BCUT2D eigenvalue weighted by molar-refractivity contribution is -0.252. The van der Waals surface area contributed by atoms with E-state index in [1.54, 1.807) is 16.7 Å². The molecular formula is C21H21ClN2O5S. The van der Waals surface area contributed by atoms with Gasteiger partial charge in [-0.2, -0.15) is 5.26 Å². The lowest BCUT2D eigenvalue weighted by Gasteiger charge is -2.41. The van der Waals surface area contributed by atoms with Gasteiger partial charge < -0.3 is 29.7 Å². The average Bonchev–Trinajstić information content (AvgIpc) is 3.22. The number of aromatic nitrogens is 1. The topological polar surface area (TPSA) is 119 Å². The minimum absolute atomic E-state index is 0.174. The largest absolute Gasteiger partial charge is 0.394 e. The Hall–Kier alpha value is -1.83. The molecule has 0 spiro atoms. The number of pyridine rings is 1. The number of hydrogen-bond donors (Lipinski definition) is 4. The molecule has 1 aromatic carbocycles. The van der Waals surface area contributed by atoms with Crippen LogP contribution in [0.15, 0.2) is 24.3 Å². The van der Waals surface area contributed by atoms with Crippen molar-refractivity contribution in [1.82, 2.24) is 4.57 Å². The third kappa shape index (κ3) is 3.37. The number of rotatable bonds is 3. The van der Waals surface area contributed by atoms with Crippen molar-refractivity contribution in [1.29, 1.82) is 5.26 Å². The van der Waals surface area contributed by atoms with Gasteiger partial charge in [-0.05, 0) is 42.5 Å². The molecule has 0 unspecified atom stereocenters. The highest BCUT2D eigenvalue weighted by atomic mass is 35.5. The van der Waals surface area contributed by atoms with Crippen LogP contribution in [0.1, 0.15) is 29.5 Å². The van der Waals surface area contributed by atoms with Gasteiger partial charge in [-0.15, -0.1) is 0 Å². The summed E-state index contributed by atoms with van der Waals surface area (Å²) in [6.45, 7) is -0.537. The summed E-state index contributed by atoms with van der Waals surface area (Å²) in [5.74, 6) is 0. The second kappa shape index (κ2) is 8.36. The predicted octanol–water partition coefficient (Wildman–Crippen LogP) is 1.87. The van der Waals surface area contributed by atoms with E-state index in [1.807, 2.05) is 12.1 Å². The number of aliphatic hydroxyl groups excluding tert-OH is 4. The summed E-state index contributed by atoms with van der Waals surface area (Å²) in [5.41, 5.74) is 3.58. The molecule has 2 aromatic rings. The van der Waals surface area contributed by atoms with E-state index in [0.717, 1.165) is 35.2 Å². The molecule has 4 rings (SSSR count). The number of benzene rings is 1. The van der Waals surface area contributed by atoms with Crippen molar-refractivity contribution in [2.24, 2.45) is 0 Å². The van der Waals surface area contributed by atoms with Gasteiger partial charge in [0.1, 0.15) is 35.1 Å². The van der Waals surface area contributed by atoms with E-state index in [1.165, 1.54) is 0 Å². The molecule has 1 aliphatic carbocycles. The Morgan fingerprint density at radius 3 is 2.47 bits per heavy atom. The van der Waals surface area contributed by atoms with Crippen LogP contribution >= 0.6 is 23.8 Å². The van der Waals surface area contributed by atoms with Crippen molar-refractivity contribution in [2.75, 3.05) is 6.61 Å². The van der Waals surface area contributed by atoms with Crippen LogP contribution in [0.3, 0.4) is 0 Å². The molecule has 4 N–H and O–H groups in total. The summed E-state index contributed by atoms with van der Waals surface area (Å²) in [4.78, 5) is 0. The van der Waals surface area contributed by atoms with Gasteiger partial charge in [-0.1, -0.05) is 36.0 Å². The Morgan fingerprint density at radius 2 is 1.83 bits per heavy atom. The van der Waals surface area contributed by atoms with Gasteiger partial charge in [0.25, 0.3) is 0 Å². The fourth-order valence-electron chi connectivity index (χ4n) is 4.37. The van der Waals surface area contributed by atoms with Crippen molar-refractivity contribution < 1.29 is 25.2 Å². The van der Waals surface area contributed by atoms with Gasteiger partial charge in [-0.25, -0.2) is 0 Å². The molecule has 0 radical (unpaired) electrons. The van der Waals surface area contributed by atoms with Crippen molar-refractivity contribution >= 4 is 23.8 Å². The fraction of sp³-hybridized carbons (Fsp3) is 0.429. The first-order chi connectivity index (χ1) is 14.4. The van der Waals surface area contributed by atoms with E-state index in [2.05, 4.69) is 6.07 Å². The maximum atomic E-state index is 10.6. The minimum Gasteiger partial charge on any atom is -0.394 e. The molecule has 1 aliphatic heterocycles. The van der Waals surface area contributed by atoms with E-state index in [-0.39, 0.29) is 10.2 Å². The highest BCUT2D eigenvalue weighted by Gasteiger charge is 2.45. The lowest BCUT2D eigenvalue weighted by Crippen LogP contribution is -2.56.